The van der Waals surface area contributed by atoms with Crippen molar-refractivity contribution in [2.24, 2.45) is 0 Å². The number of hydrogen-bond donors (Lipinski definition) is 2. The fraction of sp³-hybridized carbons (Fsp3) is 0.333. The van der Waals surface area contributed by atoms with E-state index in [4.69, 9.17) is 0 Å². The molecule has 3 aromatic carbocycles. The highest BCUT2D eigenvalue weighted by Gasteiger charge is 2.31. The molecule has 0 radical (unpaired) electrons. The molecule has 0 atom stereocenters. The lowest BCUT2D eigenvalue weighted by molar-refractivity contribution is 0.112. The number of rotatable bonds is 9. The Morgan fingerprint density at radius 3 is 2.58 bits per heavy atom. The number of nitrogens with one attached hydrogen (secondary N) is 1. The zero-order chi connectivity index (χ0) is 26.5. The molecule has 4 aromatic rings. The van der Waals surface area contributed by atoms with Crippen LogP contribution in [0.2, 0.25) is 0 Å². The molecule has 1 aliphatic carbocycles. The van der Waals surface area contributed by atoms with E-state index in [1.54, 1.807) is 17.0 Å². The first-order chi connectivity index (χ1) is 18.6. The summed E-state index contributed by atoms with van der Waals surface area (Å²) in [6, 6.07) is 22.0. The van der Waals surface area contributed by atoms with E-state index in [0.717, 1.165) is 72.7 Å². The van der Waals surface area contributed by atoms with Crippen LogP contribution in [0.4, 0.5) is 10.5 Å². The van der Waals surface area contributed by atoms with E-state index in [1.807, 2.05) is 48.1 Å². The van der Waals surface area contributed by atoms with E-state index >= 15 is 0 Å². The molecule has 1 aliphatic rings. The normalized spacial score (nSPS) is 17.4. The van der Waals surface area contributed by atoms with Gasteiger partial charge in [0.25, 0.3) is 0 Å². The van der Waals surface area contributed by atoms with Crippen LogP contribution in [0, 0.1) is 0 Å². The van der Waals surface area contributed by atoms with Crippen molar-refractivity contribution in [3.63, 3.8) is 0 Å². The van der Waals surface area contributed by atoms with Crippen molar-refractivity contribution in [3.05, 3.63) is 77.9 Å². The number of aromatic nitrogens is 3. The Labute approximate surface area is 222 Å². The summed E-state index contributed by atoms with van der Waals surface area (Å²) >= 11 is 0. The van der Waals surface area contributed by atoms with Gasteiger partial charge in [-0.05, 0) is 81.0 Å². The van der Waals surface area contributed by atoms with Gasteiger partial charge in [0.1, 0.15) is 11.8 Å². The molecule has 0 unspecified atom stereocenters. The third kappa shape index (κ3) is 5.45. The minimum Gasteiger partial charge on any atom is -0.465 e. The monoisotopic (exact) mass is 511 g/mol. The number of aryl methyl sites for hydroxylation is 2. The lowest BCUT2D eigenvalue weighted by Crippen LogP contribution is -2.44. The molecule has 5 rings (SSSR count). The van der Waals surface area contributed by atoms with Gasteiger partial charge in [-0.15, -0.1) is 5.10 Å². The second-order valence-electron chi connectivity index (χ2n) is 9.95. The molecule has 2 N–H and O–H groups in total. The van der Waals surface area contributed by atoms with Crippen molar-refractivity contribution in [2.75, 3.05) is 11.9 Å². The van der Waals surface area contributed by atoms with Gasteiger partial charge in [-0.1, -0.05) is 47.7 Å². The lowest BCUT2D eigenvalue weighted by Gasteiger charge is -2.36. The maximum absolute atomic E-state index is 12.7. The summed E-state index contributed by atoms with van der Waals surface area (Å²) in [6.07, 6.45) is 5.09. The number of anilines is 1. The van der Waals surface area contributed by atoms with E-state index in [-0.39, 0.29) is 6.04 Å². The smallest absolute Gasteiger partial charge is 0.412 e. The Morgan fingerprint density at radius 1 is 1.08 bits per heavy atom. The van der Waals surface area contributed by atoms with Crippen LogP contribution in [0.1, 0.15) is 48.0 Å². The van der Waals surface area contributed by atoms with E-state index < -0.39 is 6.09 Å². The van der Waals surface area contributed by atoms with Crippen molar-refractivity contribution >= 4 is 29.1 Å². The maximum atomic E-state index is 12.7. The number of carboxylic acid groups (broad SMARTS) is 1. The molecule has 1 fully saturated rings. The Bertz CT molecular complexity index is 1410. The van der Waals surface area contributed by atoms with Crippen LogP contribution in [0.3, 0.4) is 0 Å². The number of benzene rings is 3. The quantitative estimate of drug-likeness (QED) is 0.286. The van der Waals surface area contributed by atoms with Crippen molar-refractivity contribution in [1.82, 2.24) is 20.3 Å². The fourth-order valence-corrected chi connectivity index (χ4v) is 5.53. The summed E-state index contributed by atoms with van der Waals surface area (Å²) in [4.78, 5) is 25.3. The third-order valence-corrected chi connectivity index (χ3v) is 7.59. The zero-order valence-corrected chi connectivity index (χ0v) is 21.6. The summed E-state index contributed by atoms with van der Waals surface area (Å²) in [6.45, 7) is 0.670. The van der Waals surface area contributed by atoms with Gasteiger partial charge in [0, 0.05) is 29.8 Å². The molecule has 1 amide bonds. The predicted molar refractivity (Wildman–Crippen MR) is 149 cm³/mol. The number of amides is 1. The average molecular weight is 512 g/mol. The molecular formula is C30H33N5O3. The van der Waals surface area contributed by atoms with Gasteiger partial charge in [-0.3, -0.25) is 9.69 Å². The van der Waals surface area contributed by atoms with E-state index in [2.05, 4.69) is 33.8 Å². The minimum absolute atomic E-state index is 0.0485. The summed E-state index contributed by atoms with van der Waals surface area (Å²) in [5, 5.41) is 22.2. The number of hydrogen-bond acceptors (Lipinski definition) is 5. The van der Waals surface area contributed by atoms with Crippen LogP contribution in [0.25, 0.3) is 22.2 Å². The van der Waals surface area contributed by atoms with Crippen LogP contribution in [-0.4, -0.2) is 51.6 Å². The molecule has 0 aliphatic heterocycles. The topological polar surface area (TPSA) is 100 Å². The van der Waals surface area contributed by atoms with Crippen LogP contribution in [-0.2, 0) is 13.0 Å². The number of carbonyl (C=O) groups is 2. The van der Waals surface area contributed by atoms with Crippen molar-refractivity contribution in [3.8, 4) is 11.1 Å². The highest BCUT2D eigenvalue weighted by Crippen LogP contribution is 2.36. The molecular weight excluding hydrogens is 478 g/mol. The van der Waals surface area contributed by atoms with Crippen molar-refractivity contribution < 1.29 is 14.7 Å². The molecule has 1 heterocycles. The number of aldehydes is 1. The first-order valence-corrected chi connectivity index (χ1v) is 13.2. The van der Waals surface area contributed by atoms with Gasteiger partial charge in [-0.2, -0.15) is 0 Å². The Hall–Kier alpha value is -4.04. The van der Waals surface area contributed by atoms with Crippen LogP contribution in [0.15, 0.2) is 66.7 Å². The highest BCUT2D eigenvalue weighted by atomic mass is 16.4. The molecule has 0 saturated heterocycles. The molecule has 38 heavy (non-hydrogen) atoms. The van der Waals surface area contributed by atoms with Gasteiger partial charge >= 0.3 is 6.09 Å². The van der Waals surface area contributed by atoms with Gasteiger partial charge in [-0.25, -0.2) is 9.48 Å². The molecule has 196 valence electrons. The maximum Gasteiger partial charge on any atom is 0.412 e. The zero-order valence-electron chi connectivity index (χ0n) is 21.6. The van der Waals surface area contributed by atoms with Crippen LogP contribution >= 0.6 is 0 Å². The average Bonchev–Trinajstić information content (AvgIpc) is 3.36. The van der Waals surface area contributed by atoms with Gasteiger partial charge in [0.05, 0.1) is 11.2 Å². The summed E-state index contributed by atoms with van der Waals surface area (Å²) in [5.41, 5.74) is 5.95. The molecule has 8 nitrogen and oxygen atoms in total. The standard InChI is InChI=1S/C30H33N5O3/c1-31-24-11-13-25(14-12-24)35(30(37)38)29-19-21(9-15-26(29)23-7-3-2-4-8-23)6-5-17-34-28-16-10-22(20-36)18-27(28)32-33-34/h2-4,7-10,15-16,18-20,24-25,31H,5-6,11-14,17H2,1H3,(H,37,38)/t24-,25-. The number of nitrogens with zero attached hydrogens (tertiary/aromatic N) is 4. The third-order valence-electron chi connectivity index (χ3n) is 7.59. The largest absolute Gasteiger partial charge is 0.465 e. The van der Waals surface area contributed by atoms with E-state index in [1.165, 1.54) is 0 Å². The van der Waals surface area contributed by atoms with Crippen LogP contribution in [0.5, 0.6) is 0 Å². The lowest BCUT2D eigenvalue weighted by atomic mass is 9.89. The Balaban J connectivity index is 1.40. The van der Waals surface area contributed by atoms with Crippen molar-refractivity contribution in [1.29, 1.82) is 0 Å². The minimum atomic E-state index is -0.906. The van der Waals surface area contributed by atoms with Gasteiger partial charge in [0.15, 0.2) is 0 Å². The fourth-order valence-electron chi connectivity index (χ4n) is 5.53. The van der Waals surface area contributed by atoms with Crippen LogP contribution < -0.4 is 10.2 Å². The second kappa shape index (κ2) is 11.6. The van der Waals surface area contributed by atoms with Gasteiger partial charge < -0.3 is 10.4 Å². The number of carbonyl (C=O) groups excluding carboxylic acids is 1. The first kappa shape index (κ1) is 25.6. The summed E-state index contributed by atoms with van der Waals surface area (Å²) in [7, 11) is 1.97. The molecule has 8 heteroatoms. The molecule has 1 aromatic heterocycles. The summed E-state index contributed by atoms with van der Waals surface area (Å²) in [5.74, 6) is 0. The molecule has 0 bridgehead atoms. The predicted octanol–water partition coefficient (Wildman–Crippen LogP) is 5.56. The highest BCUT2D eigenvalue weighted by molar-refractivity contribution is 5.93. The SMILES string of the molecule is CN[C@H]1CC[C@H](N(C(=O)O)c2cc(CCCn3nnc4cc(C=O)ccc43)ccc2-c2ccccc2)CC1. The first-order valence-electron chi connectivity index (χ1n) is 13.2. The molecule has 1 saturated carbocycles. The van der Waals surface area contributed by atoms with Crippen molar-refractivity contribution in [2.45, 2.75) is 57.2 Å². The Kier molecular flexibility index (Phi) is 7.79. The van der Waals surface area contributed by atoms with E-state index in [9.17, 15) is 14.7 Å². The van der Waals surface area contributed by atoms with Gasteiger partial charge in [0.2, 0.25) is 0 Å². The summed E-state index contributed by atoms with van der Waals surface area (Å²) < 4.78 is 1.85. The molecule has 0 spiro atoms. The number of fused-ring (bicyclic) bond motifs is 1. The van der Waals surface area contributed by atoms with E-state index in [0.29, 0.717) is 23.7 Å². The Morgan fingerprint density at radius 2 is 1.87 bits per heavy atom. The second-order valence-corrected chi connectivity index (χ2v) is 9.95.